The molecule has 112 valence electrons. The van der Waals surface area contributed by atoms with Crippen LogP contribution in [-0.2, 0) is 16.9 Å². The van der Waals surface area contributed by atoms with Crippen molar-refractivity contribution >= 4 is 15.9 Å². The number of imidazole rings is 1. The summed E-state index contributed by atoms with van der Waals surface area (Å²) in [7, 11) is -2.42. The quantitative estimate of drug-likeness (QED) is 0.796. The second kappa shape index (κ2) is 5.20. The van der Waals surface area contributed by atoms with E-state index in [0.29, 0.717) is 17.1 Å². The Hall–Kier alpha value is -2.79. The summed E-state index contributed by atoms with van der Waals surface area (Å²) in [4.78, 5) is 3.41. The number of benzene rings is 1. The average Bonchev–Trinajstić information content (AvgIpc) is 3.12. The predicted octanol–water partition coefficient (Wildman–Crippen LogP) is 1.49. The first kappa shape index (κ1) is 14.2. The lowest BCUT2D eigenvalue weighted by atomic mass is 10.2. The molecule has 1 aliphatic rings. The molecule has 1 aromatic carbocycles. The smallest absolute Gasteiger partial charge is 0.250 e. The van der Waals surface area contributed by atoms with Crippen molar-refractivity contribution in [1.29, 1.82) is 5.26 Å². The van der Waals surface area contributed by atoms with Gasteiger partial charge in [0.15, 0.2) is 16.4 Å². The van der Waals surface area contributed by atoms with Gasteiger partial charge in [-0.1, -0.05) is 6.07 Å². The molecule has 2 aromatic rings. The number of aryl methyl sites for hydroxylation is 1. The van der Waals surface area contributed by atoms with Crippen LogP contribution in [0.5, 0.6) is 11.5 Å². The monoisotopic (exact) mass is 317 g/mol. The van der Waals surface area contributed by atoms with Crippen LogP contribution in [0.3, 0.4) is 0 Å². The standard InChI is InChI=1S/C14H11N3O4S/c1-17-5-4-16-14(17)22(18,19)11(8-15)6-10-2-3-12-13(7-10)21-9-20-12/h2-7H,9H2,1H3/b11-6-. The molecular formula is C14H11N3O4S. The van der Waals surface area contributed by atoms with Gasteiger partial charge in [0.05, 0.1) is 0 Å². The van der Waals surface area contributed by atoms with E-state index in [2.05, 4.69) is 4.98 Å². The van der Waals surface area contributed by atoms with E-state index in [1.54, 1.807) is 31.3 Å². The van der Waals surface area contributed by atoms with Gasteiger partial charge in [0.1, 0.15) is 6.07 Å². The molecule has 0 saturated heterocycles. The average molecular weight is 317 g/mol. The van der Waals surface area contributed by atoms with Crippen LogP contribution in [0.1, 0.15) is 5.56 Å². The van der Waals surface area contributed by atoms with Crippen LogP contribution in [-0.4, -0.2) is 24.8 Å². The highest BCUT2D eigenvalue weighted by Crippen LogP contribution is 2.33. The third kappa shape index (κ3) is 2.31. The maximum absolute atomic E-state index is 12.5. The number of allylic oxidation sites excluding steroid dienone is 1. The molecule has 0 aliphatic carbocycles. The lowest BCUT2D eigenvalue weighted by molar-refractivity contribution is 0.174. The minimum absolute atomic E-state index is 0.124. The summed E-state index contributed by atoms with van der Waals surface area (Å²) in [5.74, 6) is 1.10. The van der Waals surface area contributed by atoms with E-state index >= 15 is 0 Å². The highest BCUT2D eigenvalue weighted by Gasteiger charge is 2.25. The molecular weight excluding hydrogens is 306 g/mol. The zero-order valence-electron chi connectivity index (χ0n) is 11.6. The molecule has 22 heavy (non-hydrogen) atoms. The Kier molecular flexibility index (Phi) is 3.35. The predicted molar refractivity (Wildman–Crippen MR) is 76.5 cm³/mol. The zero-order chi connectivity index (χ0) is 15.7. The van der Waals surface area contributed by atoms with Crippen molar-refractivity contribution < 1.29 is 17.9 Å². The molecule has 1 aliphatic heterocycles. The van der Waals surface area contributed by atoms with E-state index in [-0.39, 0.29) is 16.9 Å². The van der Waals surface area contributed by atoms with Gasteiger partial charge in [0, 0.05) is 19.4 Å². The second-order valence-corrected chi connectivity index (χ2v) is 6.37. The molecule has 0 fully saturated rings. The fourth-order valence-electron chi connectivity index (χ4n) is 2.03. The number of ether oxygens (including phenoxy) is 2. The summed E-state index contributed by atoms with van der Waals surface area (Å²) in [6.45, 7) is 0.124. The minimum atomic E-state index is -3.97. The van der Waals surface area contributed by atoms with Crippen LogP contribution in [0.2, 0.25) is 0 Å². The van der Waals surface area contributed by atoms with Gasteiger partial charge >= 0.3 is 0 Å². The molecule has 0 saturated carbocycles. The Bertz CT molecular complexity index is 906. The summed E-state index contributed by atoms with van der Waals surface area (Å²) in [6, 6.07) is 6.66. The largest absolute Gasteiger partial charge is 0.454 e. The fourth-order valence-corrected chi connectivity index (χ4v) is 3.28. The Balaban J connectivity index is 2.05. The molecule has 1 aromatic heterocycles. The van der Waals surface area contributed by atoms with Crippen molar-refractivity contribution in [2.75, 3.05) is 6.79 Å². The van der Waals surface area contributed by atoms with E-state index in [0.717, 1.165) is 0 Å². The molecule has 8 heteroatoms. The molecule has 0 radical (unpaired) electrons. The number of nitriles is 1. The van der Waals surface area contributed by atoms with Gasteiger partial charge in [0.25, 0.3) is 0 Å². The first-order valence-corrected chi connectivity index (χ1v) is 7.74. The number of hydrogen-bond acceptors (Lipinski definition) is 6. The van der Waals surface area contributed by atoms with Gasteiger partial charge in [0.2, 0.25) is 21.8 Å². The van der Waals surface area contributed by atoms with Crippen molar-refractivity contribution in [1.82, 2.24) is 9.55 Å². The van der Waals surface area contributed by atoms with Crippen LogP contribution < -0.4 is 9.47 Å². The van der Waals surface area contributed by atoms with Crippen LogP contribution in [0.15, 0.2) is 40.7 Å². The minimum Gasteiger partial charge on any atom is -0.454 e. The summed E-state index contributed by atoms with van der Waals surface area (Å²) in [6.07, 6.45) is 4.15. The molecule has 0 amide bonds. The number of fused-ring (bicyclic) bond motifs is 1. The van der Waals surface area contributed by atoms with Crippen LogP contribution in [0.25, 0.3) is 6.08 Å². The van der Waals surface area contributed by atoms with Crippen molar-refractivity contribution in [3.63, 3.8) is 0 Å². The maximum atomic E-state index is 12.5. The van der Waals surface area contributed by atoms with E-state index < -0.39 is 9.84 Å². The van der Waals surface area contributed by atoms with Crippen molar-refractivity contribution in [2.24, 2.45) is 7.05 Å². The van der Waals surface area contributed by atoms with Gasteiger partial charge in [-0.25, -0.2) is 13.4 Å². The molecule has 0 unspecified atom stereocenters. The third-order valence-electron chi connectivity index (χ3n) is 3.11. The Morgan fingerprint density at radius 3 is 2.86 bits per heavy atom. The summed E-state index contributed by atoms with van der Waals surface area (Å²) in [5, 5.41) is 9.04. The molecule has 3 rings (SSSR count). The zero-order valence-corrected chi connectivity index (χ0v) is 12.4. The lowest BCUT2D eigenvalue weighted by Crippen LogP contribution is -2.09. The molecule has 0 N–H and O–H groups in total. The number of rotatable bonds is 3. The second-order valence-electron chi connectivity index (χ2n) is 4.56. The molecule has 7 nitrogen and oxygen atoms in total. The number of hydrogen-bond donors (Lipinski definition) is 0. The Morgan fingerprint density at radius 1 is 1.41 bits per heavy atom. The first-order chi connectivity index (χ1) is 10.5. The molecule has 0 spiro atoms. The highest BCUT2D eigenvalue weighted by atomic mass is 32.2. The van der Waals surface area contributed by atoms with E-state index in [1.807, 2.05) is 0 Å². The third-order valence-corrected chi connectivity index (χ3v) is 4.77. The van der Waals surface area contributed by atoms with Crippen LogP contribution in [0, 0.1) is 11.3 Å². The fraction of sp³-hybridized carbons (Fsp3) is 0.143. The summed E-state index contributed by atoms with van der Waals surface area (Å²) in [5.41, 5.74) is 0.526. The normalized spacial score (nSPS) is 13.9. The number of aromatic nitrogens is 2. The maximum Gasteiger partial charge on any atom is 0.250 e. The Labute approximate surface area is 127 Å². The Morgan fingerprint density at radius 2 is 2.18 bits per heavy atom. The number of sulfone groups is 1. The van der Waals surface area contributed by atoms with Crippen molar-refractivity contribution in [3.8, 4) is 17.6 Å². The van der Waals surface area contributed by atoms with E-state index in [1.165, 1.54) is 23.0 Å². The topological polar surface area (TPSA) is 94.2 Å². The van der Waals surface area contributed by atoms with Gasteiger partial charge < -0.3 is 14.0 Å². The molecule has 2 heterocycles. The van der Waals surface area contributed by atoms with Gasteiger partial charge in [-0.3, -0.25) is 0 Å². The van der Waals surface area contributed by atoms with E-state index in [4.69, 9.17) is 9.47 Å². The molecule has 0 atom stereocenters. The van der Waals surface area contributed by atoms with Crippen molar-refractivity contribution in [3.05, 3.63) is 41.1 Å². The highest BCUT2D eigenvalue weighted by molar-refractivity contribution is 7.95. The lowest BCUT2D eigenvalue weighted by Gasteiger charge is -2.03. The summed E-state index contributed by atoms with van der Waals surface area (Å²) >= 11 is 0. The SMILES string of the molecule is Cn1ccnc1S(=O)(=O)/C(C#N)=C\c1ccc2c(c1)OCO2. The van der Waals surface area contributed by atoms with Crippen LogP contribution >= 0.6 is 0 Å². The first-order valence-electron chi connectivity index (χ1n) is 6.26. The van der Waals surface area contributed by atoms with Crippen molar-refractivity contribution in [2.45, 2.75) is 5.16 Å². The van der Waals surface area contributed by atoms with Gasteiger partial charge in [-0.05, 0) is 23.8 Å². The van der Waals surface area contributed by atoms with Gasteiger partial charge in [-0.15, -0.1) is 0 Å². The van der Waals surface area contributed by atoms with Crippen LogP contribution in [0.4, 0.5) is 0 Å². The number of nitrogens with zero attached hydrogens (tertiary/aromatic N) is 3. The van der Waals surface area contributed by atoms with Gasteiger partial charge in [-0.2, -0.15) is 5.26 Å². The van der Waals surface area contributed by atoms with E-state index in [9.17, 15) is 13.7 Å². The molecule has 0 bridgehead atoms. The summed E-state index contributed by atoms with van der Waals surface area (Å²) < 4.78 is 36.7.